The van der Waals surface area contributed by atoms with E-state index in [1.165, 1.54) is 12.1 Å². The summed E-state index contributed by atoms with van der Waals surface area (Å²) in [6, 6.07) is 13.5. The van der Waals surface area contributed by atoms with E-state index in [2.05, 4.69) is 5.92 Å². The number of benzene rings is 2. The Morgan fingerprint density at radius 1 is 1.00 bits per heavy atom. The van der Waals surface area contributed by atoms with Gasteiger partial charge in [-0.05, 0) is 29.8 Å². The zero-order chi connectivity index (χ0) is 13.5. The molecule has 0 bridgehead atoms. The molecule has 0 heterocycles. The summed E-state index contributed by atoms with van der Waals surface area (Å²) in [7, 11) is 0. The maximum atomic E-state index is 13.0. The molecule has 0 radical (unpaired) electrons. The molecule has 2 nitrogen and oxygen atoms in total. The summed E-state index contributed by atoms with van der Waals surface area (Å²) in [5, 5.41) is 0. The molecule has 0 saturated carbocycles. The van der Waals surface area contributed by atoms with Crippen LogP contribution < -0.4 is 9.47 Å². The van der Waals surface area contributed by atoms with Crippen molar-refractivity contribution >= 4 is 0 Å². The zero-order valence-corrected chi connectivity index (χ0v) is 10.3. The third-order valence-corrected chi connectivity index (χ3v) is 2.42. The van der Waals surface area contributed by atoms with Crippen molar-refractivity contribution in [3.63, 3.8) is 0 Å². The van der Waals surface area contributed by atoms with Crippen LogP contribution in [0.3, 0.4) is 0 Å². The van der Waals surface area contributed by atoms with Crippen LogP contribution in [0.25, 0.3) is 0 Å². The number of rotatable bonds is 5. The Morgan fingerprint density at radius 3 is 2.47 bits per heavy atom. The predicted molar refractivity (Wildman–Crippen MR) is 71.5 cm³/mol. The molecular weight excluding hydrogens is 243 g/mol. The minimum atomic E-state index is -0.271. The molecule has 0 amide bonds. The monoisotopic (exact) mass is 256 g/mol. The van der Waals surface area contributed by atoms with E-state index in [0.29, 0.717) is 18.1 Å². The van der Waals surface area contributed by atoms with Crippen LogP contribution in [0.2, 0.25) is 0 Å². The molecule has 0 fully saturated rings. The van der Waals surface area contributed by atoms with Gasteiger partial charge >= 0.3 is 0 Å². The van der Waals surface area contributed by atoms with Crippen LogP contribution in [0.15, 0.2) is 48.5 Å². The van der Waals surface area contributed by atoms with Gasteiger partial charge in [0, 0.05) is 6.07 Å². The molecule has 0 aromatic heterocycles. The van der Waals surface area contributed by atoms with Crippen LogP contribution in [0.5, 0.6) is 11.5 Å². The Bertz CT molecular complexity index is 587. The second-order valence-corrected chi connectivity index (χ2v) is 3.89. The van der Waals surface area contributed by atoms with E-state index < -0.39 is 0 Å². The first kappa shape index (κ1) is 13.0. The van der Waals surface area contributed by atoms with Gasteiger partial charge in [-0.3, -0.25) is 0 Å². The van der Waals surface area contributed by atoms with Crippen molar-refractivity contribution in [3.05, 3.63) is 59.9 Å². The Kier molecular flexibility index (Phi) is 4.41. The summed E-state index contributed by atoms with van der Waals surface area (Å²) in [6.45, 7) is 0.518. The minimum Gasteiger partial charge on any atom is -0.489 e. The van der Waals surface area contributed by atoms with Crippen LogP contribution in [0.1, 0.15) is 5.56 Å². The average molecular weight is 256 g/mol. The molecule has 0 atom stereocenters. The normalized spacial score (nSPS) is 9.68. The highest BCUT2D eigenvalue weighted by molar-refractivity contribution is 5.33. The first-order chi connectivity index (χ1) is 9.28. The van der Waals surface area contributed by atoms with Crippen LogP contribution in [0, 0.1) is 18.2 Å². The largest absolute Gasteiger partial charge is 0.489 e. The molecule has 0 spiro atoms. The fourth-order valence-corrected chi connectivity index (χ4v) is 1.57. The molecule has 0 aliphatic carbocycles. The summed E-state index contributed by atoms with van der Waals surface area (Å²) in [6.07, 6.45) is 5.12. The van der Waals surface area contributed by atoms with Gasteiger partial charge in [0.15, 0.2) is 0 Å². The second kappa shape index (κ2) is 6.46. The molecule has 96 valence electrons. The van der Waals surface area contributed by atoms with Gasteiger partial charge < -0.3 is 9.47 Å². The van der Waals surface area contributed by atoms with Gasteiger partial charge in [-0.1, -0.05) is 24.1 Å². The van der Waals surface area contributed by atoms with E-state index in [9.17, 15) is 4.39 Å². The van der Waals surface area contributed by atoms with Crippen LogP contribution in [-0.2, 0) is 6.61 Å². The SMILES string of the molecule is C#CCOc1cccc(OCc2cccc(F)c2)c1. The summed E-state index contributed by atoms with van der Waals surface area (Å²) in [5.41, 5.74) is 0.773. The summed E-state index contributed by atoms with van der Waals surface area (Å²) in [5.74, 6) is 3.42. The third kappa shape index (κ3) is 4.04. The maximum Gasteiger partial charge on any atom is 0.148 e. The molecule has 2 aromatic carbocycles. The summed E-state index contributed by atoms with van der Waals surface area (Å²) in [4.78, 5) is 0. The van der Waals surface area contributed by atoms with Crippen molar-refractivity contribution in [3.8, 4) is 23.8 Å². The minimum absolute atomic E-state index is 0.216. The van der Waals surface area contributed by atoms with Gasteiger partial charge in [-0.25, -0.2) is 4.39 Å². The molecule has 0 saturated heterocycles. The molecular formula is C16H13FO2. The van der Waals surface area contributed by atoms with Gasteiger partial charge in [-0.15, -0.1) is 6.42 Å². The van der Waals surface area contributed by atoms with Crippen molar-refractivity contribution < 1.29 is 13.9 Å². The molecule has 2 aromatic rings. The van der Waals surface area contributed by atoms with E-state index in [1.54, 1.807) is 18.2 Å². The lowest BCUT2D eigenvalue weighted by Crippen LogP contribution is -1.97. The van der Waals surface area contributed by atoms with Gasteiger partial charge in [0.2, 0.25) is 0 Å². The molecule has 0 unspecified atom stereocenters. The standard InChI is InChI=1S/C16H13FO2/c1-2-9-18-15-7-4-8-16(11-15)19-12-13-5-3-6-14(17)10-13/h1,3-8,10-11H,9,12H2. The lowest BCUT2D eigenvalue weighted by Gasteiger charge is -2.08. The van der Waals surface area contributed by atoms with Gasteiger partial charge in [0.05, 0.1) is 0 Å². The van der Waals surface area contributed by atoms with E-state index in [-0.39, 0.29) is 12.4 Å². The predicted octanol–water partition coefficient (Wildman–Crippen LogP) is 3.42. The van der Waals surface area contributed by atoms with Crippen LogP contribution >= 0.6 is 0 Å². The zero-order valence-electron chi connectivity index (χ0n) is 10.3. The molecule has 0 N–H and O–H groups in total. The van der Waals surface area contributed by atoms with Gasteiger partial charge in [0.1, 0.15) is 30.5 Å². The second-order valence-electron chi connectivity index (χ2n) is 3.89. The van der Waals surface area contributed by atoms with Gasteiger partial charge in [0.25, 0.3) is 0 Å². The van der Waals surface area contributed by atoms with Crippen LogP contribution in [0.4, 0.5) is 4.39 Å². The lowest BCUT2D eigenvalue weighted by molar-refractivity contribution is 0.301. The summed E-state index contributed by atoms with van der Waals surface area (Å²) < 4.78 is 23.9. The van der Waals surface area contributed by atoms with Crippen molar-refractivity contribution in [1.82, 2.24) is 0 Å². The first-order valence-corrected chi connectivity index (χ1v) is 5.81. The number of halogens is 1. The molecule has 3 heteroatoms. The molecule has 2 rings (SSSR count). The number of hydrogen-bond donors (Lipinski definition) is 0. The van der Waals surface area contributed by atoms with Crippen molar-refractivity contribution in [2.45, 2.75) is 6.61 Å². The Hall–Kier alpha value is -2.47. The topological polar surface area (TPSA) is 18.5 Å². The quantitative estimate of drug-likeness (QED) is 0.763. The van der Waals surface area contributed by atoms with Crippen molar-refractivity contribution in [2.24, 2.45) is 0 Å². The highest BCUT2D eigenvalue weighted by atomic mass is 19.1. The molecule has 19 heavy (non-hydrogen) atoms. The highest BCUT2D eigenvalue weighted by Crippen LogP contribution is 2.20. The van der Waals surface area contributed by atoms with E-state index in [4.69, 9.17) is 15.9 Å². The smallest absolute Gasteiger partial charge is 0.148 e. The van der Waals surface area contributed by atoms with Crippen molar-refractivity contribution in [1.29, 1.82) is 0 Å². The molecule has 0 aliphatic heterocycles. The van der Waals surface area contributed by atoms with E-state index in [0.717, 1.165) is 5.56 Å². The maximum absolute atomic E-state index is 13.0. The highest BCUT2D eigenvalue weighted by Gasteiger charge is 1.99. The Balaban J connectivity index is 1.98. The number of terminal acetylenes is 1. The average Bonchev–Trinajstić information content (AvgIpc) is 2.43. The third-order valence-electron chi connectivity index (χ3n) is 2.42. The van der Waals surface area contributed by atoms with Crippen molar-refractivity contribution in [2.75, 3.05) is 6.61 Å². The van der Waals surface area contributed by atoms with Gasteiger partial charge in [-0.2, -0.15) is 0 Å². The fourth-order valence-electron chi connectivity index (χ4n) is 1.57. The van der Waals surface area contributed by atoms with E-state index in [1.807, 2.05) is 18.2 Å². The number of hydrogen-bond acceptors (Lipinski definition) is 2. The fraction of sp³-hybridized carbons (Fsp3) is 0.125. The Labute approximate surface area is 111 Å². The van der Waals surface area contributed by atoms with E-state index >= 15 is 0 Å². The summed E-state index contributed by atoms with van der Waals surface area (Å²) >= 11 is 0. The van der Waals surface area contributed by atoms with Crippen LogP contribution in [-0.4, -0.2) is 6.61 Å². The number of ether oxygens (including phenoxy) is 2. The first-order valence-electron chi connectivity index (χ1n) is 5.81. The molecule has 0 aliphatic rings. The lowest BCUT2D eigenvalue weighted by atomic mass is 10.2. The Morgan fingerprint density at radius 2 is 1.74 bits per heavy atom.